The minimum absolute atomic E-state index is 0.859. The molecule has 0 atom stereocenters. The average Bonchev–Trinajstić information content (AvgIpc) is 3.56. The lowest BCUT2D eigenvalue weighted by Crippen LogP contribution is -2.11. The molecular weight excluding hydrogens is 583 g/mol. The van der Waals surface area contributed by atoms with Crippen molar-refractivity contribution in [1.82, 2.24) is 0 Å². The van der Waals surface area contributed by atoms with Crippen molar-refractivity contribution in [3.8, 4) is 33.4 Å². The molecule has 0 bridgehead atoms. The van der Waals surface area contributed by atoms with E-state index in [0.29, 0.717) is 0 Å². The second-order valence-electron chi connectivity index (χ2n) is 12.1. The summed E-state index contributed by atoms with van der Waals surface area (Å²) in [7, 11) is 0. The average molecular weight is 614 g/mol. The van der Waals surface area contributed by atoms with Gasteiger partial charge in [0.1, 0.15) is 5.58 Å². The van der Waals surface area contributed by atoms with E-state index in [0.717, 1.165) is 50.1 Å². The lowest BCUT2D eigenvalue weighted by Gasteiger charge is -2.28. The van der Waals surface area contributed by atoms with Crippen LogP contribution in [0.3, 0.4) is 0 Å². The van der Waals surface area contributed by atoms with Gasteiger partial charge < -0.3 is 9.32 Å². The summed E-state index contributed by atoms with van der Waals surface area (Å²) >= 11 is 0. The van der Waals surface area contributed by atoms with Crippen LogP contribution in [0.1, 0.15) is 0 Å². The normalized spacial score (nSPS) is 11.3. The van der Waals surface area contributed by atoms with Crippen molar-refractivity contribution in [3.63, 3.8) is 0 Å². The van der Waals surface area contributed by atoms with E-state index in [2.05, 4.69) is 193 Å². The molecule has 0 saturated heterocycles. The molecular formula is C46H31NO. The summed E-state index contributed by atoms with van der Waals surface area (Å²) in [6.45, 7) is 0. The number of hydrogen-bond donors (Lipinski definition) is 0. The van der Waals surface area contributed by atoms with Gasteiger partial charge >= 0.3 is 0 Å². The van der Waals surface area contributed by atoms with Gasteiger partial charge in [0.2, 0.25) is 0 Å². The molecule has 0 aliphatic rings. The van der Waals surface area contributed by atoms with E-state index in [9.17, 15) is 0 Å². The SMILES string of the molecule is c1ccc(-c2ccc(N(c3ccccc3-c3ccccc3)c3cccc4c3oc3cc(-c5ccccc5)c5ccccc5c34)cc2)cc1. The van der Waals surface area contributed by atoms with Crippen molar-refractivity contribution >= 4 is 49.8 Å². The predicted molar refractivity (Wildman–Crippen MR) is 202 cm³/mol. The van der Waals surface area contributed by atoms with Crippen LogP contribution in [0.2, 0.25) is 0 Å². The Morgan fingerprint density at radius 1 is 0.354 bits per heavy atom. The van der Waals surface area contributed by atoms with E-state index in [1.165, 1.54) is 33.0 Å². The second-order valence-corrected chi connectivity index (χ2v) is 12.1. The molecule has 0 aliphatic heterocycles. The van der Waals surface area contributed by atoms with Crippen LogP contribution in [0.15, 0.2) is 192 Å². The molecule has 2 heteroatoms. The fourth-order valence-electron chi connectivity index (χ4n) is 7.05. The van der Waals surface area contributed by atoms with Gasteiger partial charge in [-0.15, -0.1) is 0 Å². The largest absolute Gasteiger partial charge is 0.454 e. The molecule has 9 rings (SSSR count). The van der Waals surface area contributed by atoms with Crippen molar-refractivity contribution in [2.75, 3.05) is 4.90 Å². The molecule has 1 heterocycles. The molecule has 9 aromatic rings. The van der Waals surface area contributed by atoms with E-state index in [1.807, 2.05) is 0 Å². The van der Waals surface area contributed by atoms with Gasteiger partial charge in [-0.05, 0) is 68.9 Å². The number of hydrogen-bond acceptors (Lipinski definition) is 2. The molecule has 0 aliphatic carbocycles. The van der Waals surface area contributed by atoms with Crippen molar-refractivity contribution in [2.24, 2.45) is 0 Å². The van der Waals surface area contributed by atoms with Crippen molar-refractivity contribution in [3.05, 3.63) is 188 Å². The van der Waals surface area contributed by atoms with Crippen LogP contribution < -0.4 is 4.90 Å². The molecule has 0 fully saturated rings. The predicted octanol–water partition coefficient (Wildman–Crippen LogP) is 13.2. The molecule has 0 unspecified atom stereocenters. The first kappa shape index (κ1) is 27.9. The number of benzene rings is 8. The fourth-order valence-corrected chi connectivity index (χ4v) is 7.05. The maximum absolute atomic E-state index is 6.97. The Labute approximate surface area is 279 Å². The van der Waals surface area contributed by atoms with Gasteiger partial charge in [-0.2, -0.15) is 0 Å². The minimum atomic E-state index is 0.859. The van der Waals surface area contributed by atoms with E-state index >= 15 is 0 Å². The van der Waals surface area contributed by atoms with Crippen LogP contribution in [-0.4, -0.2) is 0 Å². The van der Waals surface area contributed by atoms with Crippen LogP contribution in [0.5, 0.6) is 0 Å². The lowest BCUT2D eigenvalue weighted by molar-refractivity contribution is 0.669. The van der Waals surface area contributed by atoms with Gasteiger partial charge in [-0.25, -0.2) is 0 Å². The zero-order valence-corrected chi connectivity index (χ0v) is 26.3. The first-order chi connectivity index (χ1) is 23.8. The zero-order chi connectivity index (χ0) is 31.9. The number of anilines is 3. The van der Waals surface area contributed by atoms with Crippen molar-refractivity contribution in [2.45, 2.75) is 0 Å². The summed E-state index contributed by atoms with van der Waals surface area (Å²) in [5.74, 6) is 0. The van der Waals surface area contributed by atoms with E-state index in [4.69, 9.17) is 4.42 Å². The van der Waals surface area contributed by atoms with Crippen LogP contribution in [0, 0.1) is 0 Å². The standard InChI is InChI=1S/C46H31NO/c1-4-15-32(16-5-1)33-27-29-36(30-28-33)47(42-25-13-12-21-37(42)34-17-6-2-7-18-34)43-26-14-24-40-45-39-23-11-10-22-38(39)41(31-44(45)48-46(40)43)35-19-8-3-9-20-35/h1-31H. The molecule has 8 aromatic carbocycles. The highest BCUT2D eigenvalue weighted by molar-refractivity contribution is 6.23. The molecule has 48 heavy (non-hydrogen) atoms. The first-order valence-electron chi connectivity index (χ1n) is 16.4. The van der Waals surface area contributed by atoms with Crippen molar-refractivity contribution < 1.29 is 4.42 Å². The third-order valence-corrected chi connectivity index (χ3v) is 9.27. The summed E-state index contributed by atoms with van der Waals surface area (Å²) in [6.07, 6.45) is 0. The number of fused-ring (bicyclic) bond motifs is 5. The first-order valence-corrected chi connectivity index (χ1v) is 16.4. The molecule has 0 saturated carbocycles. The van der Waals surface area contributed by atoms with Gasteiger partial charge in [-0.1, -0.05) is 158 Å². The highest BCUT2D eigenvalue weighted by atomic mass is 16.3. The van der Waals surface area contributed by atoms with Gasteiger partial charge in [0, 0.05) is 22.0 Å². The van der Waals surface area contributed by atoms with Crippen LogP contribution >= 0.6 is 0 Å². The Hall–Kier alpha value is -6.38. The number of nitrogens with zero attached hydrogens (tertiary/aromatic N) is 1. The molecule has 2 nitrogen and oxygen atoms in total. The summed E-state index contributed by atoms with van der Waals surface area (Å²) in [5.41, 5.74) is 11.9. The minimum Gasteiger partial charge on any atom is -0.454 e. The highest BCUT2D eigenvalue weighted by Gasteiger charge is 2.23. The summed E-state index contributed by atoms with van der Waals surface area (Å²) < 4.78 is 6.97. The second kappa shape index (κ2) is 11.8. The third-order valence-electron chi connectivity index (χ3n) is 9.27. The quantitative estimate of drug-likeness (QED) is 0.185. The molecule has 0 amide bonds. The van der Waals surface area contributed by atoms with Gasteiger partial charge in [0.05, 0.1) is 11.4 Å². The van der Waals surface area contributed by atoms with Gasteiger partial charge in [0.15, 0.2) is 5.58 Å². The molecule has 0 N–H and O–H groups in total. The van der Waals surface area contributed by atoms with Crippen LogP contribution in [0.4, 0.5) is 17.1 Å². The van der Waals surface area contributed by atoms with E-state index < -0.39 is 0 Å². The van der Waals surface area contributed by atoms with Crippen LogP contribution in [0.25, 0.3) is 66.1 Å². The Bertz CT molecular complexity index is 2530. The molecule has 0 radical (unpaired) electrons. The highest BCUT2D eigenvalue weighted by Crippen LogP contribution is 2.47. The molecule has 0 spiro atoms. The molecule has 226 valence electrons. The summed E-state index contributed by atoms with van der Waals surface area (Å²) in [4.78, 5) is 2.35. The van der Waals surface area contributed by atoms with E-state index in [-0.39, 0.29) is 0 Å². The van der Waals surface area contributed by atoms with Crippen molar-refractivity contribution in [1.29, 1.82) is 0 Å². The number of furan rings is 1. The Kier molecular flexibility index (Phi) is 6.84. The Morgan fingerprint density at radius 2 is 0.875 bits per heavy atom. The Morgan fingerprint density at radius 3 is 1.58 bits per heavy atom. The topological polar surface area (TPSA) is 16.4 Å². The maximum Gasteiger partial charge on any atom is 0.159 e. The number of rotatable bonds is 6. The summed E-state index contributed by atoms with van der Waals surface area (Å²) in [5, 5.41) is 4.64. The third kappa shape index (κ3) is 4.74. The van der Waals surface area contributed by atoms with Gasteiger partial charge in [0.25, 0.3) is 0 Å². The lowest BCUT2D eigenvalue weighted by atomic mass is 9.95. The smallest absolute Gasteiger partial charge is 0.159 e. The monoisotopic (exact) mass is 613 g/mol. The van der Waals surface area contributed by atoms with Crippen LogP contribution in [-0.2, 0) is 0 Å². The maximum atomic E-state index is 6.97. The Balaban J connectivity index is 1.31. The van der Waals surface area contributed by atoms with Gasteiger partial charge in [-0.3, -0.25) is 0 Å². The fraction of sp³-hybridized carbons (Fsp3) is 0. The summed E-state index contributed by atoms with van der Waals surface area (Å²) in [6, 6.07) is 66.6. The molecule has 1 aromatic heterocycles. The zero-order valence-electron chi connectivity index (χ0n) is 26.3. The van der Waals surface area contributed by atoms with E-state index in [1.54, 1.807) is 0 Å². The number of para-hydroxylation sites is 2.